The van der Waals surface area contributed by atoms with Gasteiger partial charge in [0.05, 0.1) is 22.9 Å². The number of benzene rings is 1. The van der Waals surface area contributed by atoms with Crippen molar-refractivity contribution in [2.75, 3.05) is 0 Å². The molecule has 3 heterocycles. The summed E-state index contributed by atoms with van der Waals surface area (Å²) in [5, 5.41) is 16.0. The van der Waals surface area contributed by atoms with Crippen LogP contribution >= 0.6 is 11.6 Å². The molecule has 0 bridgehead atoms. The van der Waals surface area contributed by atoms with E-state index in [0.717, 1.165) is 5.56 Å². The number of hydrogen-bond acceptors (Lipinski definition) is 5. The van der Waals surface area contributed by atoms with Gasteiger partial charge in [0, 0.05) is 36.7 Å². The third kappa shape index (κ3) is 3.61. The molecule has 1 amide bonds. The van der Waals surface area contributed by atoms with Crippen LogP contribution in [0.25, 0.3) is 5.76 Å². The largest absolute Gasteiger partial charge is 0.507 e. The molecule has 1 fully saturated rings. The normalized spacial score (nSPS) is 18.1. The number of halogens is 1. The van der Waals surface area contributed by atoms with E-state index in [1.54, 1.807) is 68.3 Å². The summed E-state index contributed by atoms with van der Waals surface area (Å²) < 4.78 is 1.63. The highest BCUT2D eigenvalue weighted by molar-refractivity contribution is 6.46. The minimum absolute atomic E-state index is 0.0235. The Morgan fingerprint density at radius 1 is 1.19 bits per heavy atom. The van der Waals surface area contributed by atoms with Crippen LogP contribution in [0.1, 0.15) is 34.1 Å². The summed E-state index contributed by atoms with van der Waals surface area (Å²) in [5.41, 5.74) is 3.14. The Morgan fingerprint density at radius 2 is 1.97 bits per heavy atom. The Balaban J connectivity index is 1.92. The number of Topliss-reactive ketones (excluding diaryl/α,β-unsaturated/α-hetero) is 1. The number of amides is 1. The predicted octanol–water partition coefficient (Wildman–Crippen LogP) is 3.71. The highest BCUT2D eigenvalue weighted by Gasteiger charge is 2.46. The lowest BCUT2D eigenvalue weighted by atomic mass is 9.94. The van der Waals surface area contributed by atoms with Crippen LogP contribution in [0.15, 0.2) is 54.4 Å². The minimum atomic E-state index is -0.794. The lowest BCUT2D eigenvalue weighted by Gasteiger charge is -2.25. The van der Waals surface area contributed by atoms with E-state index in [-0.39, 0.29) is 17.9 Å². The SMILES string of the molecule is Cc1nn(C)c(C)c1/C(O)=C1\C(=O)C(=O)N(Cc2cccnc2)C1c1cccc(Cl)c1. The highest BCUT2D eigenvalue weighted by Crippen LogP contribution is 2.41. The van der Waals surface area contributed by atoms with E-state index >= 15 is 0 Å². The topological polar surface area (TPSA) is 88.3 Å². The van der Waals surface area contributed by atoms with Crippen molar-refractivity contribution in [3.63, 3.8) is 0 Å². The molecule has 31 heavy (non-hydrogen) atoms. The van der Waals surface area contributed by atoms with Crippen LogP contribution in [0.2, 0.25) is 5.02 Å². The lowest BCUT2D eigenvalue weighted by Crippen LogP contribution is -2.29. The average molecular weight is 437 g/mol. The van der Waals surface area contributed by atoms with Gasteiger partial charge in [-0.3, -0.25) is 19.3 Å². The van der Waals surface area contributed by atoms with Gasteiger partial charge in [-0.05, 0) is 43.2 Å². The molecule has 1 aliphatic rings. The van der Waals surface area contributed by atoms with Gasteiger partial charge in [0.2, 0.25) is 0 Å². The molecule has 1 saturated heterocycles. The number of aryl methyl sites for hydroxylation is 2. The lowest BCUT2D eigenvalue weighted by molar-refractivity contribution is -0.140. The van der Waals surface area contributed by atoms with Crippen molar-refractivity contribution >= 4 is 29.1 Å². The summed E-state index contributed by atoms with van der Waals surface area (Å²) >= 11 is 6.21. The minimum Gasteiger partial charge on any atom is -0.507 e. The van der Waals surface area contributed by atoms with Crippen LogP contribution in [0.3, 0.4) is 0 Å². The monoisotopic (exact) mass is 436 g/mol. The molecule has 0 spiro atoms. The van der Waals surface area contributed by atoms with Crippen LogP contribution in [0.4, 0.5) is 0 Å². The number of aliphatic hydroxyl groups is 1. The molecule has 1 atom stereocenters. The maximum atomic E-state index is 13.1. The first-order valence-electron chi connectivity index (χ1n) is 9.73. The van der Waals surface area contributed by atoms with Crippen molar-refractivity contribution < 1.29 is 14.7 Å². The third-order valence-corrected chi connectivity index (χ3v) is 5.76. The molecule has 4 rings (SSSR count). The predicted molar refractivity (Wildman–Crippen MR) is 116 cm³/mol. The third-order valence-electron chi connectivity index (χ3n) is 5.53. The maximum Gasteiger partial charge on any atom is 0.295 e. The van der Waals surface area contributed by atoms with Crippen LogP contribution in [0, 0.1) is 13.8 Å². The fraction of sp³-hybridized carbons (Fsp3) is 0.217. The zero-order valence-electron chi connectivity index (χ0n) is 17.3. The fourth-order valence-corrected chi connectivity index (χ4v) is 4.20. The molecule has 1 unspecified atom stereocenters. The number of aromatic nitrogens is 3. The first-order chi connectivity index (χ1) is 14.8. The van der Waals surface area contributed by atoms with Gasteiger partial charge >= 0.3 is 0 Å². The van der Waals surface area contributed by atoms with Gasteiger partial charge in [-0.25, -0.2) is 0 Å². The number of carbonyl (C=O) groups excluding carboxylic acids is 2. The van der Waals surface area contributed by atoms with Gasteiger partial charge < -0.3 is 10.0 Å². The molecule has 1 N–H and O–H groups in total. The molecule has 1 aliphatic heterocycles. The number of ketones is 1. The molecule has 0 radical (unpaired) electrons. The molecule has 0 saturated carbocycles. The van der Waals surface area contributed by atoms with E-state index in [2.05, 4.69) is 10.1 Å². The zero-order chi connectivity index (χ0) is 22.3. The summed E-state index contributed by atoms with van der Waals surface area (Å²) in [7, 11) is 1.76. The summed E-state index contributed by atoms with van der Waals surface area (Å²) in [6.45, 7) is 3.72. The highest BCUT2D eigenvalue weighted by atomic mass is 35.5. The van der Waals surface area contributed by atoms with Gasteiger partial charge in [0.1, 0.15) is 5.76 Å². The van der Waals surface area contributed by atoms with E-state index in [1.165, 1.54) is 4.90 Å². The molecule has 7 nitrogen and oxygen atoms in total. The Bertz CT molecular complexity index is 1220. The molecule has 0 aliphatic carbocycles. The summed E-state index contributed by atoms with van der Waals surface area (Å²) in [5.74, 6) is -1.66. The molecule has 1 aromatic carbocycles. The van der Waals surface area contributed by atoms with E-state index in [0.29, 0.717) is 27.5 Å². The molecular weight excluding hydrogens is 416 g/mol. The van der Waals surface area contributed by atoms with E-state index in [4.69, 9.17) is 11.6 Å². The number of aliphatic hydroxyl groups excluding tert-OH is 1. The second kappa shape index (κ2) is 8.00. The summed E-state index contributed by atoms with van der Waals surface area (Å²) in [6, 6.07) is 9.76. The van der Waals surface area contributed by atoms with Gasteiger partial charge in [0.25, 0.3) is 11.7 Å². The van der Waals surface area contributed by atoms with Crippen molar-refractivity contribution in [1.82, 2.24) is 19.7 Å². The second-order valence-electron chi connectivity index (χ2n) is 7.51. The molecule has 3 aromatic rings. The Labute approximate surface area is 184 Å². The van der Waals surface area contributed by atoms with Crippen molar-refractivity contribution in [3.8, 4) is 0 Å². The first kappa shape index (κ1) is 20.8. The number of rotatable bonds is 4. The molecule has 158 valence electrons. The Morgan fingerprint density at radius 3 is 2.58 bits per heavy atom. The van der Waals surface area contributed by atoms with Crippen LogP contribution in [0.5, 0.6) is 0 Å². The zero-order valence-corrected chi connectivity index (χ0v) is 18.1. The smallest absolute Gasteiger partial charge is 0.295 e. The van der Waals surface area contributed by atoms with E-state index in [9.17, 15) is 14.7 Å². The van der Waals surface area contributed by atoms with Crippen LogP contribution < -0.4 is 0 Å². The summed E-state index contributed by atoms with van der Waals surface area (Å²) in [4.78, 5) is 31.7. The van der Waals surface area contributed by atoms with Crippen LogP contribution in [-0.2, 0) is 23.2 Å². The number of pyridine rings is 1. The maximum absolute atomic E-state index is 13.1. The number of nitrogens with zero attached hydrogens (tertiary/aromatic N) is 4. The van der Waals surface area contributed by atoms with Gasteiger partial charge in [-0.15, -0.1) is 0 Å². The van der Waals surface area contributed by atoms with Gasteiger partial charge in [-0.1, -0.05) is 29.8 Å². The molecular formula is C23H21ClN4O3. The Hall–Kier alpha value is -3.45. The summed E-state index contributed by atoms with van der Waals surface area (Å²) in [6.07, 6.45) is 3.28. The van der Waals surface area contributed by atoms with Gasteiger partial charge in [0.15, 0.2) is 0 Å². The van der Waals surface area contributed by atoms with E-state index < -0.39 is 17.7 Å². The van der Waals surface area contributed by atoms with Crippen molar-refractivity contribution in [2.24, 2.45) is 7.05 Å². The molecule has 8 heteroatoms. The van der Waals surface area contributed by atoms with Crippen LogP contribution in [-0.4, -0.2) is 36.5 Å². The standard InChI is InChI=1S/C23H21ClN4O3/c1-13-18(14(2)27(3)26-13)21(29)19-20(16-7-4-8-17(24)10-16)28(23(31)22(19)30)12-15-6-5-9-25-11-15/h4-11,20,29H,12H2,1-3H3/b21-19+. The van der Waals surface area contributed by atoms with E-state index in [1.807, 2.05) is 6.07 Å². The van der Waals surface area contributed by atoms with Gasteiger partial charge in [-0.2, -0.15) is 5.10 Å². The van der Waals surface area contributed by atoms with Crippen molar-refractivity contribution in [1.29, 1.82) is 0 Å². The number of carbonyl (C=O) groups is 2. The number of likely N-dealkylation sites (tertiary alicyclic amines) is 1. The second-order valence-corrected chi connectivity index (χ2v) is 7.95. The Kier molecular flexibility index (Phi) is 5.37. The first-order valence-corrected chi connectivity index (χ1v) is 10.1. The average Bonchev–Trinajstić information content (AvgIpc) is 3.14. The molecule has 2 aromatic heterocycles. The van der Waals surface area contributed by atoms with Crippen molar-refractivity contribution in [3.05, 3.63) is 87.5 Å². The quantitative estimate of drug-likeness (QED) is 0.382. The number of hydrogen-bond donors (Lipinski definition) is 1. The fourth-order valence-electron chi connectivity index (χ4n) is 4.01. The van der Waals surface area contributed by atoms with Crippen molar-refractivity contribution in [2.45, 2.75) is 26.4 Å².